The number of amides is 2. The third-order valence-electron chi connectivity index (χ3n) is 13.7. The second kappa shape index (κ2) is 23.0. The standard InChI is InChI=1S/C29H32FN3O5.C25H32ClFN2O2/c1-32(2)29(19-20-5-4-6-21(30)17-20)15-13-22(14-16-29)31-28(34)26-18-23(33(35)36)7-12-27(26)38-25-10-8-24(37-3)9-11-25;1-24(2,31-22-8-6-5-7-21(22)26)23(30)28-20-13-15-25(16-14-20,29(3)4)17-18-9-11-19(27)12-10-18/h4-12,17-18,22H,13-16,19H2,1-3H3,(H,31,34);5-12,20H,13-17H2,1-4H3,(H,28,30). The number of para-hydroxylation sites is 1. The van der Waals surface area contributed by atoms with Crippen LogP contribution in [0.15, 0.2) is 115 Å². The summed E-state index contributed by atoms with van der Waals surface area (Å²) in [4.78, 5) is 41.6. The van der Waals surface area contributed by atoms with Gasteiger partial charge in [-0.15, -0.1) is 0 Å². The van der Waals surface area contributed by atoms with E-state index >= 15 is 0 Å². The molecule has 0 radical (unpaired) electrons. The van der Waals surface area contributed by atoms with E-state index < -0.39 is 16.4 Å². The molecular formula is C54H64ClF2N5O7. The fourth-order valence-corrected chi connectivity index (χ4v) is 9.49. The molecule has 5 aromatic carbocycles. The SMILES string of the molecule is CN(C)C1(Cc2ccc(F)cc2)CCC(NC(=O)C(C)(C)Oc2ccccc2Cl)CC1.COc1ccc(Oc2ccc([N+](=O)[O-])cc2C(=O)NC2CCC(Cc3cccc(F)c3)(N(C)C)CC2)cc1. The fraction of sp³-hybridized carbons (Fsp3) is 0.407. The summed E-state index contributed by atoms with van der Waals surface area (Å²) in [5.41, 5.74) is 0.799. The molecule has 2 amide bonds. The molecule has 5 aromatic rings. The van der Waals surface area contributed by atoms with Crippen LogP contribution in [0.3, 0.4) is 0 Å². The Morgan fingerprint density at radius 1 is 0.710 bits per heavy atom. The number of carbonyl (C=O) groups is 2. The summed E-state index contributed by atoms with van der Waals surface area (Å²) in [6.45, 7) is 3.51. The van der Waals surface area contributed by atoms with E-state index in [1.807, 2.05) is 44.4 Å². The first-order chi connectivity index (χ1) is 32.8. The Morgan fingerprint density at radius 2 is 1.28 bits per heavy atom. The summed E-state index contributed by atoms with van der Waals surface area (Å²) in [6, 6.07) is 31.5. The number of likely N-dealkylation sites (N-methyl/N-ethyl adjacent to an activating group) is 2. The van der Waals surface area contributed by atoms with E-state index in [4.69, 9.17) is 25.8 Å². The summed E-state index contributed by atoms with van der Waals surface area (Å²) in [7, 11) is 9.82. The maximum atomic E-state index is 13.8. The number of nitro groups is 1. The number of carbonyl (C=O) groups excluding carboxylic acids is 2. The zero-order valence-electron chi connectivity index (χ0n) is 40.5. The van der Waals surface area contributed by atoms with Crippen molar-refractivity contribution in [1.29, 1.82) is 0 Å². The summed E-state index contributed by atoms with van der Waals surface area (Å²) in [6.07, 6.45) is 8.32. The molecule has 69 heavy (non-hydrogen) atoms. The molecular weight excluding hydrogens is 904 g/mol. The van der Waals surface area contributed by atoms with Crippen molar-refractivity contribution >= 4 is 29.1 Å². The first kappa shape index (κ1) is 52.3. The normalized spacial score (nSPS) is 20.3. The number of nitrogens with zero attached hydrogens (tertiary/aromatic N) is 3. The van der Waals surface area contributed by atoms with Gasteiger partial charge < -0.3 is 34.6 Å². The maximum absolute atomic E-state index is 13.8. The largest absolute Gasteiger partial charge is 0.497 e. The third kappa shape index (κ3) is 13.8. The molecule has 0 spiro atoms. The van der Waals surface area contributed by atoms with Crippen LogP contribution in [0.5, 0.6) is 23.0 Å². The smallest absolute Gasteiger partial charge is 0.270 e. The van der Waals surface area contributed by atoms with Gasteiger partial charge in [-0.3, -0.25) is 19.7 Å². The van der Waals surface area contributed by atoms with E-state index in [1.165, 1.54) is 36.4 Å². The van der Waals surface area contributed by atoms with E-state index in [9.17, 15) is 28.5 Å². The van der Waals surface area contributed by atoms with E-state index in [1.54, 1.807) is 69.5 Å². The molecule has 368 valence electrons. The number of benzene rings is 5. The second-order valence-corrected chi connectivity index (χ2v) is 19.5. The number of rotatable bonds is 16. The highest BCUT2D eigenvalue weighted by Crippen LogP contribution is 2.38. The van der Waals surface area contributed by atoms with Gasteiger partial charge in [-0.05, 0) is 184 Å². The topological polar surface area (TPSA) is 136 Å². The van der Waals surface area contributed by atoms with Crippen molar-refractivity contribution in [3.8, 4) is 23.0 Å². The zero-order valence-corrected chi connectivity index (χ0v) is 41.3. The molecule has 2 aliphatic carbocycles. The van der Waals surface area contributed by atoms with Crippen molar-refractivity contribution in [2.24, 2.45) is 0 Å². The van der Waals surface area contributed by atoms with Crippen LogP contribution in [0.25, 0.3) is 0 Å². The van der Waals surface area contributed by atoms with Crippen LogP contribution in [-0.4, -0.2) is 90.6 Å². The minimum atomic E-state index is -1.03. The fourth-order valence-electron chi connectivity index (χ4n) is 9.31. The van der Waals surface area contributed by atoms with E-state index in [0.717, 1.165) is 68.9 Å². The molecule has 0 bridgehead atoms. The molecule has 0 saturated heterocycles. The van der Waals surface area contributed by atoms with Gasteiger partial charge in [0.05, 0.1) is 22.6 Å². The highest BCUT2D eigenvalue weighted by Gasteiger charge is 2.40. The molecule has 2 aliphatic rings. The Morgan fingerprint density at radius 3 is 1.83 bits per heavy atom. The molecule has 2 saturated carbocycles. The minimum Gasteiger partial charge on any atom is -0.497 e. The lowest BCUT2D eigenvalue weighted by atomic mass is 9.74. The Labute approximate surface area is 409 Å². The zero-order chi connectivity index (χ0) is 49.9. The highest BCUT2D eigenvalue weighted by atomic mass is 35.5. The van der Waals surface area contributed by atoms with Gasteiger partial charge in [0.1, 0.15) is 34.6 Å². The third-order valence-corrected chi connectivity index (χ3v) is 14.0. The van der Waals surface area contributed by atoms with Crippen molar-refractivity contribution in [2.45, 2.75) is 107 Å². The monoisotopic (exact) mass is 967 g/mol. The first-order valence-electron chi connectivity index (χ1n) is 23.3. The Hall–Kier alpha value is -6.09. The Kier molecular flexibility index (Phi) is 17.4. The minimum absolute atomic E-state index is 0.00262. The molecule has 0 aromatic heterocycles. The quantitative estimate of drug-likeness (QED) is 0.0732. The van der Waals surface area contributed by atoms with Crippen molar-refractivity contribution in [3.05, 3.63) is 159 Å². The summed E-state index contributed by atoms with van der Waals surface area (Å²) in [5.74, 6) is 0.819. The van der Waals surface area contributed by atoms with Gasteiger partial charge >= 0.3 is 0 Å². The van der Waals surface area contributed by atoms with E-state index in [2.05, 4.69) is 34.5 Å². The summed E-state index contributed by atoms with van der Waals surface area (Å²) in [5, 5.41) is 18.1. The van der Waals surface area contributed by atoms with Gasteiger partial charge in [-0.2, -0.15) is 0 Å². The molecule has 7 rings (SSSR count). The molecule has 0 aliphatic heterocycles. The van der Waals surface area contributed by atoms with Gasteiger partial charge in [0.25, 0.3) is 17.5 Å². The number of ether oxygens (including phenoxy) is 3. The van der Waals surface area contributed by atoms with Crippen LogP contribution >= 0.6 is 11.6 Å². The predicted molar refractivity (Wildman–Crippen MR) is 265 cm³/mol. The van der Waals surface area contributed by atoms with Crippen LogP contribution in [0.4, 0.5) is 14.5 Å². The Bertz CT molecular complexity index is 2520. The van der Waals surface area contributed by atoms with Crippen molar-refractivity contribution in [2.75, 3.05) is 35.3 Å². The number of nitro benzene ring substituents is 1. The molecule has 12 nitrogen and oxygen atoms in total. The van der Waals surface area contributed by atoms with Crippen LogP contribution in [0.1, 0.15) is 86.7 Å². The molecule has 0 atom stereocenters. The molecule has 0 heterocycles. The van der Waals surface area contributed by atoms with Crippen LogP contribution in [0.2, 0.25) is 5.02 Å². The highest BCUT2D eigenvalue weighted by molar-refractivity contribution is 6.32. The van der Waals surface area contributed by atoms with Crippen molar-refractivity contribution < 1.29 is 37.5 Å². The van der Waals surface area contributed by atoms with Gasteiger partial charge in [0, 0.05) is 35.3 Å². The number of halogens is 3. The van der Waals surface area contributed by atoms with Crippen molar-refractivity contribution in [3.63, 3.8) is 0 Å². The molecule has 0 unspecified atom stereocenters. The number of non-ortho nitro benzene ring substituents is 1. The Balaban J connectivity index is 0.000000232. The van der Waals surface area contributed by atoms with E-state index in [0.29, 0.717) is 28.7 Å². The number of hydrogen-bond donors (Lipinski definition) is 2. The van der Waals surface area contributed by atoms with Crippen LogP contribution in [0, 0.1) is 21.7 Å². The lowest BCUT2D eigenvalue weighted by molar-refractivity contribution is -0.384. The molecule has 2 fully saturated rings. The number of methoxy groups -OCH3 is 1. The van der Waals surface area contributed by atoms with Gasteiger partial charge in [-0.1, -0.05) is 48.0 Å². The maximum Gasteiger partial charge on any atom is 0.270 e. The lowest BCUT2D eigenvalue weighted by Crippen LogP contribution is -2.55. The van der Waals surface area contributed by atoms with Gasteiger partial charge in [0.15, 0.2) is 5.60 Å². The van der Waals surface area contributed by atoms with E-state index in [-0.39, 0.29) is 57.7 Å². The number of nitrogens with one attached hydrogen (secondary N) is 2. The van der Waals surface area contributed by atoms with Crippen LogP contribution in [-0.2, 0) is 17.6 Å². The lowest BCUT2D eigenvalue weighted by Gasteiger charge is -2.46. The van der Waals surface area contributed by atoms with Gasteiger partial charge in [-0.25, -0.2) is 8.78 Å². The molecule has 2 N–H and O–H groups in total. The average Bonchev–Trinajstić information content (AvgIpc) is 3.32. The average molecular weight is 969 g/mol. The van der Waals surface area contributed by atoms with Crippen LogP contribution < -0.4 is 24.8 Å². The second-order valence-electron chi connectivity index (χ2n) is 19.1. The number of hydrogen-bond acceptors (Lipinski definition) is 9. The summed E-state index contributed by atoms with van der Waals surface area (Å²) < 4.78 is 44.1. The molecule has 15 heteroatoms. The predicted octanol–water partition coefficient (Wildman–Crippen LogP) is 11.0. The first-order valence-corrected chi connectivity index (χ1v) is 23.7. The van der Waals surface area contributed by atoms with Crippen molar-refractivity contribution in [1.82, 2.24) is 20.4 Å². The summed E-state index contributed by atoms with van der Waals surface area (Å²) >= 11 is 6.18. The van der Waals surface area contributed by atoms with Gasteiger partial charge in [0.2, 0.25) is 0 Å².